The van der Waals surface area contributed by atoms with Crippen LogP contribution in [-0.4, -0.2) is 47.0 Å². The predicted octanol–water partition coefficient (Wildman–Crippen LogP) is 2.34. The van der Waals surface area contributed by atoms with Crippen molar-refractivity contribution in [2.24, 2.45) is 0 Å². The number of thiocarbonyl (C=S) groups is 1. The fraction of sp³-hybridized carbons (Fsp3) is 0.200. The van der Waals surface area contributed by atoms with Crippen LogP contribution in [0.15, 0.2) is 41.8 Å². The van der Waals surface area contributed by atoms with E-state index in [0.29, 0.717) is 17.3 Å². The van der Waals surface area contributed by atoms with Crippen LogP contribution in [0.25, 0.3) is 6.08 Å². The first-order valence-electron chi connectivity index (χ1n) is 6.84. The molecule has 24 heavy (non-hydrogen) atoms. The summed E-state index contributed by atoms with van der Waals surface area (Å²) >= 11 is 6.18. The molecule has 1 aromatic rings. The zero-order valence-electron chi connectivity index (χ0n) is 12.5. The second-order valence-electron chi connectivity index (χ2n) is 4.79. The highest BCUT2D eigenvalue weighted by Crippen LogP contribution is 2.32. The molecule has 2 rings (SSSR count). The minimum Gasteiger partial charge on any atom is -0.490 e. The second kappa shape index (κ2) is 7.93. The number of ether oxygens (including phenoxy) is 1. The number of thioether (sulfide) groups is 1. The Bertz CT molecular complexity index is 784. The Morgan fingerprint density at radius 2 is 2.00 bits per heavy atom. The molecule has 1 heterocycles. The van der Waals surface area contributed by atoms with Gasteiger partial charge in [0.05, 0.1) is 10.7 Å². The van der Waals surface area contributed by atoms with Gasteiger partial charge in [0, 0.05) is 6.54 Å². The molecule has 0 aromatic heterocycles. The Morgan fingerprint density at radius 3 is 2.58 bits per heavy atom. The van der Waals surface area contributed by atoms with E-state index in [1.54, 1.807) is 36.4 Å². The summed E-state index contributed by atoms with van der Waals surface area (Å²) in [6, 6.07) is 7.13. The zero-order chi connectivity index (χ0) is 17.7. The van der Waals surface area contributed by atoms with Crippen LogP contribution in [0.5, 0.6) is 5.75 Å². The number of benzene rings is 1. The Labute approximate surface area is 149 Å². The van der Waals surface area contributed by atoms with Gasteiger partial charge in [-0.2, -0.15) is 8.42 Å². The van der Waals surface area contributed by atoms with E-state index in [1.807, 2.05) is 0 Å². The van der Waals surface area contributed by atoms with E-state index in [4.69, 9.17) is 21.5 Å². The third kappa shape index (κ3) is 5.17. The molecule has 9 heteroatoms. The van der Waals surface area contributed by atoms with Gasteiger partial charge >= 0.3 is 0 Å². The van der Waals surface area contributed by atoms with Crippen LogP contribution in [0.2, 0.25) is 0 Å². The minimum absolute atomic E-state index is 0.171. The molecular formula is C15H15NO5S3. The average molecular weight is 385 g/mol. The summed E-state index contributed by atoms with van der Waals surface area (Å²) in [6.07, 6.45) is 3.32. The first-order chi connectivity index (χ1) is 11.3. The first kappa shape index (κ1) is 18.7. The molecule has 1 N–H and O–H groups in total. The number of amides is 1. The SMILES string of the molecule is C=CCOc1ccc(/C=C2\SC(=S)N(CCS(=O)(=O)O)C2=O)cc1. The summed E-state index contributed by atoms with van der Waals surface area (Å²) in [5.41, 5.74) is 0.788. The normalized spacial score (nSPS) is 16.7. The molecule has 1 aromatic carbocycles. The van der Waals surface area contributed by atoms with E-state index >= 15 is 0 Å². The molecule has 6 nitrogen and oxygen atoms in total. The maximum atomic E-state index is 12.3. The molecular weight excluding hydrogens is 370 g/mol. The van der Waals surface area contributed by atoms with E-state index in [2.05, 4.69) is 6.58 Å². The van der Waals surface area contributed by atoms with Crippen molar-refractivity contribution >= 4 is 50.4 Å². The van der Waals surface area contributed by atoms with E-state index in [0.717, 1.165) is 17.3 Å². The number of carbonyl (C=O) groups excluding carboxylic acids is 1. The highest BCUT2D eigenvalue weighted by molar-refractivity contribution is 8.26. The Balaban J connectivity index is 2.09. The smallest absolute Gasteiger partial charge is 0.266 e. The molecule has 128 valence electrons. The van der Waals surface area contributed by atoms with Crippen LogP contribution < -0.4 is 4.74 Å². The van der Waals surface area contributed by atoms with Gasteiger partial charge in [0.15, 0.2) is 0 Å². The van der Waals surface area contributed by atoms with Gasteiger partial charge in [0.2, 0.25) is 0 Å². The van der Waals surface area contributed by atoms with Gasteiger partial charge in [-0.1, -0.05) is 48.8 Å². The van der Waals surface area contributed by atoms with Gasteiger partial charge in [-0.3, -0.25) is 14.2 Å². The minimum atomic E-state index is -4.15. The van der Waals surface area contributed by atoms with Gasteiger partial charge in [0.25, 0.3) is 16.0 Å². The van der Waals surface area contributed by atoms with Gasteiger partial charge in [-0.05, 0) is 23.8 Å². The number of hydrogen-bond donors (Lipinski definition) is 1. The molecule has 1 amide bonds. The lowest BCUT2D eigenvalue weighted by atomic mass is 10.2. The van der Waals surface area contributed by atoms with Crippen molar-refractivity contribution in [1.82, 2.24) is 4.90 Å². The first-order valence-corrected chi connectivity index (χ1v) is 9.68. The Hall–Kier alpha value is -1.68. The largest absolute Gasteiger partial charge is 0.490 e. The molecule has 0 aliphatic carbocycles. The molecule has 1 aliphatic heterocycles. The highest BCUT2D eigenvalue weighted by Gasteiger charge is 2.32. The second-order valence-corrected chi connectivity index (χ2v) is 8.04. The number of hydrogen-bond acceptors (Lipinski definition) is 6. The standard InChI is InChI=1S/C15H15NO5S3/c1-2-8-21-12-5-3-11(4-6-12)10-13-14(17)16(15(22)23-13)7-9-24(18,19)20/h2-6,10H,1,7-9H2,(H,18,19,20)/b13-10-. The maximum absolute atomic E-state index is 12.3. The summed E-state index contributed by atoms with van der Waals surface area (Å²) in [5, 5.41) is 0. The van der Waals surface area contributed by atoms with E-state index in [1.165, 1.54) is 4.90 Å². The summed E-state index contributed by atoms with van der Waals surface area (Å²) in [4.78, 5) is 13.8. The van der Waals surface area contributed by atoms with Gasteiger partial charge in [-0.25, -0.2) is 0 Å². The molecule has 0 atom stereocenters. The van der Waals surface area contributed by atoms with Crippen molar-refractivity contribution in [2.75, 3.05) is 18.9 Å². The van der Waals surface area contributed by atoms with E-state index in [-0.39, 0.29) is 16.8 Å². The van der Waals surface area contributed by atoms with Crippen molar-refractivity contribution in [3.05, 3.63) is 47.4 Å². The fourth-order valence-corrected chi connectivity index (χ4v) is 3.59. The average Bonchev–Trinajstić information content (AvgIpc) is 2.78. The monoisotopic (exact) mass is 385 g/mol. The van der Waals surface area contributed by atoms with Gasteiger partial charge in [0.1, 0.15) is 16.7 Å². The van der Waals surface area contributed by atoms with Crippen LogP contribution in [0.3, 0.4) is 0 Å². The number of nitrogens with zero attached hydrogens (tertiary/aromatic N) is 1. The van der Waals surface area contributed by atoms with Crippen LogP contribution in [-0.2, 0) is 14.9 Å². The lowest BCUT2D eigenvalue weighted by Gasteiger charge is -2.12. The molecule has 0 spiro atoms. The fourth-order valence-electron chi connectivity index (χ4n) is 1.87. The number of rotatable bonds is 7. The molecule has 0 bridgehead atoms. The topological polar surface area (TPSA) is 83.9 Å². The summed E-state index contributed by atoms with van der Waals surface area (Å²) in [6.45, 7) is 3.81. The lowest BCUT2D eigenvalue weighted by Crippen LogP contribution is -2.32. The molecule has 1 saturated heterocycles. The Kier molecular flexibility index (Phi) is 6.16. The third-order valence-corrected chi connectivity index (χ3v) is 5.07. The van der Waals surface area contributed by atoms with E-state index < -0.39 is 15.9 Å². The summed E-state index contributed by atoms with van der Waals surface area (Å²) in [7, 11) is -4.15. The van der Waals surface area contributed by atoms with Crippen molar-refractivity contribution in [1.29, 1.82) is 0 Å². The summed E-state index contributed by atoms with van der Waals surface area (Å²) < 4.78 is 36.1. The summed E-state index contributed by atoms with van der Waals surface area (Å²) in [5.74, 6) is -0.240. The van der Waals surface area contributed by atoms with Crippen LogP contribution in [0.4, 0.5) is 0 Å². The molecule has 0 saturated carbocycles. The number of carbonyl (C=O) groups is 1. The van der Waals surface area contributed by atoms with Crippen molar-refractivity contribution in [2.45, 2.75) is 0 Å². The maximum Gasteiger partial charge on any atom is 0.266 e. The Morgan fingerprint density at radius 1 is 1.33 bits per heavy atom. The van der Waals surface area contributed by atoms with Crippen LogP contribution in [0, 0.1) is 0 Å². The van der Waals surface area contributed by atoms with E-state index in [9.17, 15) is 13.2 Å². The van der Waals surface area contributed by atoms with Crippen molar-refractivity contribution < 1.29 is 22.5 Å². The zero-order valence-corrected chi connectivity index (χ0v) is 15.0. The van der Waals surface area contributed by atoms with Crippen LogP contribution >= 0.6 is 24.0 Å². The predicted molar refractivity (Wildman–Crippen MR) is 98.4 cm³/mol. The molecule has 1 fully saturated rings. The molecule has 0 radical (unpaired) electrons. The van der Waals surface area contributed by atoms with Crippen molar-refractivity contribution in [3.63, 3.8) is 0 Å². The van der Waals surface area contributed by atoms with Crippen molar-refractivity contribution in [3.8, 4) is 5.75 Å². The molecule has 0 unspecified atom stereocenters. The quantitative estimate of drug-likeness (QED) is 0.334. The van der Waals surface area contributed by atoms with Gasteiger partial charge < -0.3 is 4.74 Å². The van der Waals surface area contributed by atoms with Gasteiger partial charge in [-0.15, -0.1) is 0 Å². The van der Waals surface area contributed by atoms with Crippen LogP contribution in [0.1, 0.15) is 5.56 Å². The highest BCUT2D eigenvalue weighted by atomic mass is 32.2. The third-order valence-electron chi connectivity index (χ3n) is 2.99. The lowest BCUT2D eigenvalue weighted by molar-refractivity contribution is -0.121. The molecule has 1 aliphatic rings.